The molecule has 0 aromatic heterocycles. The summed E-state index contributed by atoms with van der Waals surface area (Å²) in [5.74, 6) is 0.379. The van der Waals surface area contributed by atoms with Gasteiger partial charge in [-0.05, 0) is 92.4 Å². The molecule has 9 nitrogen and oxygen atoms in total. The Labute approximate surface area is 305 Å². The van der Waals surface area contributed by atoms with Crippen molar-refractivity contribution in [2.45, 2.75) is 38.0 Å². The summed E-state index contributed by atoms with van der Waals surface area (Å²) in [6, 6.07) is 15.6. The Kier molecular flexibility index (Phi) is 11.5. The van der Waals surface area contributed by atoms with Crippen LogP contribution in [0.25, 0.3) is 0 Å². The number of amides is 3. The Bertz CT molecular complexity index is 1730. The summed E-state index contributed by atoms with van der Waals surface area (Å²) in [6.45, 7) is 4.87. The van der Waals surface area contributed by atoms with Gasteiger partial charge in [0.15, 0.2) is 0 Å². The van der Waals surface area contributed by atoms with Crippen LogP contribution < -0.4 is 4.74 Å². The minimum Gasteiger partial charge on any atom is -0.493 e. The molecule has 0 saturated carbocycles. The fourth-order valence-electron chi connectivity index (χ4n) is 6.93. The van der Waals surface area contributed by atoms with Gasteiger partial charge in [0, 0.05) is 42.8 Å². The molecule has 3 aromatic carbocycles. The van der Waals surface area contributed by atoms with Gasteiger partial charge < -0.3 is 19.6 Å². The summed E-state index contributed by atoms with van der Waals surface area (Å²) in [4.78, 5) is 40.2. The fourth-order valence-corrected chi connectivity index (χ4v) is 7.18. The maximum absolute atomic E-state index is 14.8. The molecule has 3 aliphatic heterocycles. The van der Waals surface area contributed by atoms with E-state index in [0.717, 1.165) is 49.2 Å². The largest absolute Gasteiger partial charge is 0.493 e. The van der Waals surface area contributed by atoms with Crippen LogP contribution in [-0.2, 0) is 11.0 Å². The highest BCUT2D eigenvalue weighted by Gasteiger charge is 2.45. The van der Waals surface area contributed by atoms with Gasteiger partial charge in [-0.25, -0.2) is 4.79 Å². The second-order valence-electron chi connectivity index (χ2n) is 13.0. The fraction of sp³-hybridized carbons (Fsp3) is 0.432. The van der Waals surface area contributed by atoms with Crippen LogP contribution in [0.4, 0.5) is 18.0 Å². The summed E-state index contributed by atoms with van der Waals surface area (Å²) in [6.07, 6.45) is -2.91. The molecule has 1 N–H and O–H groups in total. The number of likely N-dealkylation sites (tertiary alicyclic amines) is 1. The molecule has 0 aliphatic carbocycles. The van der Waals surface area contributed by atoms with Gasteiger partial charge in [-0.1, -0.05) is 47.5 Å². The minimum absolute atomic E-state index is 0.0130. The third-order valence-electron chi connectivity index (χ3n) is 9.77. The molecule has 2 unspecified atom stereocenters. The molecule has 2 saturated heterocycles. The first-order chi connectivity index (χ1) is 24.5. The molecule has 272 valence electrons. The summed E-state index contributed by atoms with van der Waals surface area (Å²) < 4.78 is 47.2. The van der Waals surface area contributed by atoms with Gasteiger partial charge in [0.2, 0.25) is 5.91 Å². The lowest BCUT2D eigenvalue weighted by atomic mass is 9.93. The van der Waals surface area contributed by atoms with Gasteiger partial charge >= 0.3 is 12.2 Å². The van der Waals surface area contributed by atoms with E-state index in [0.29, 0.717) is 23.1 Å². The normalized spacial score (nSPS) is 20.5. The number of aliphatic hydroxyl groups is 1. The quantitative estimate of drug-likeness (QED) is 0.271. The molecule has 0 radical (unpaired) electrons. The Morgan fingerprint density at radius 1 is 0.863 bits per heavy atom. The first-order valence-electron chi connectivity index (χ1n) is 17.1. The van der Waals surface area contributed by atoms with Gasteiger partial charge in [0.25, 0.3) is 0 Å². The molecule has 0 bridgehead atoms. The number of hydrogen-bond donors (Lipinski definition) is 1. The molecule has 14 heteroatoms. The van der Waals surface area contributed by atoms with Crippen molar-refractivity contribution in [3.05, 3.63) is 99.0 Å². The molecule has 2 fully saturated rings. The highest BCUT2D eigenvalue weighted by atomic mass is 35.5. The highest BCUT2D eigenvalue weighted by Crippen LogP contribution is 2.46. The van der Waals surface area contributed by atoms with Crippen LogP contribution in [0.1, 0.15) is 54.1 Å². The van der Waals surface area contributed by atoms with E-state index in [4.69, 9.17) is 32.9 Å². The zero-order valence-electron chi connectivity index (χ0n) is 28.2. The van der Waals surface area contributed by atoms with E-state index in [1.807, 2.05) is 24.3 Å². The topological polar surface area (TPSA) is 88.9 Å². The van der Waals surface area contributed by atoms with E-state index in [9.17, 15) is 27.9 Å². The second kappa shape index (κ2) is 15.8. The van der Waals surface area contributed by atoms with E-state index in [1.54, 1.807) is 41.0 Å². The number of carbonyl (C=O) groups is 2. The summed E-state index contributed by atoms with van der Waals surface area (Å²) in [5.41, 5.74) is 0.825. The minimum atomic E-state index is -4.61. The van der Waals surface area contributed by atoms with Gasteiger partial charge in [-0.3, -0.25) is 19.6 Å². The van der Waals surface area contributed by atoms with Crippen molar-refractivity contribution in [2.75, 3.05) is 59.0 Å². The zero-order valence-corrected chi connectivity index (χ0v) is 29.7. The van der Waals surface area contributed by atoms with Crippen molar-refractivity contribution in [2.24, 2.45) is 10.9 Å². The zero-order chi connectivity index (χ0) is 36.3. The van der Waals surface area contributed by atoms with Crippen LogP contribution in [-0.4, -0.2) is 102 Å². The number of hydrogen-bond acceptors (Lipinski definition) is 6. The Morgan fingerprint density at radius 2 is 1.45 bits per heavy atom. The molecule has 6 rings (SSSR count). The average Bonchev–Trinajstić information content (AvgIpc) is 3.52. The predicted molar refractivity (Wildman–Crippen MR) is 189 cm³/mol. The lowest BCUT2D eigenvalue weighted by Crippen LogP contribution is -2.56. The molecule has 2 atom stereocenters. The maximum Gasteiger partial charge on any atom is 0.416 e. The van der Waals surface area contributed by atoms with E-state index in [2.05, 4.69) is 4.90 Å². The van der Waals surface area contributed by atoms with Crippen molar-refractivity contribution >= 4 is 41.0 Å². The lowest BCUT2D eigenvalue weighted by molar-refractivity contribution is -0.137. The number of aliphatic hydroxyl groups excluding tert-OH is 1. The van der Waals surface area contributed by atoms with Crippen LogP contribution >= 0.6 is 23.2 Å². The summed E-state index contributed by atoms with van der Waals surface area (Å²) >= 11 is 12.5. The third-order valence-corrected chi connectivity index (χ3v) is 10.3. The Morgan fingerprint density at radius 3 is 2.02 bits per heavy atom. The second-order valence-corrected chi connectivity index (χ2v) is 13.9. The van der Waals surface area contributed by atoms with Crippen LogP contribution in [0.3, 0.4) is 0 Å². The van der Waals surface area contributed by atoms with Crippen molar-refractivity contribution in [1.29, 1.82) is 0 Å². The molecule has 3 aromatic rings. The molecule has 3 aliphatic rings. The van der Waals surface area contributed by atoms with Gasteiger partial charge in [0.1, 0.15) is 17.6 Å². The van der Waals surface area contributed by atoms with Crippen molar-refractivity contribution in [1.82, 2.24) is 19.6 Å². The first-order valence-corrected chi connectivity index (χ1v) is 17.8. The van der Waals surface area contributed by atoms with Crippen LogP contribution in [0, 0.1) is 5.92 Å². The Hall–Kier alpha value is -3.84. The van der Waals surface area contributed by atoms with Gasteiger partial charge in [-0.2, -0.15) is 13.2 Å². The number of rotatable bonds is 8. The van der Waals surface area contributed by atoms with Crippen molar-refractivity contribution in [3.8, 4) is 5.75 Å². The summed E-state index contributed by atoms with van der Waals surface area (Å²) in [7, 11) is 0. The first kappa shape index (κ1) is 36.9. The highest BCUT2D eigenvalue weighted by molar-refractivity contribution is 6.30. The molecular weight excluding hydrogens is 706 g/mol. The van der Waals surface area contributed by atoms with Crippen LogP contribution in [0.5, 0.6) is 5.75 Å². The molecule has 3 amide bonds. The lowest BCUT2D eigenvalue weighted by Gasteiger charge is -2.40. The molecule has 3 heterocycles. The number of piperidine rings is 1. The monoisotopic (exact) mass is 745 g/mol. The van der Waals surface area contributed by atoms with Crippen molar-refractivity contribution < 1.29 is 32.6 Å². The van der Waals surface area contributed by atoms with Crippen molar-refractivity contribution in [3.63, 3.8) is 0 Å². The number of nitrogens with zero attached hydrogens (tertiary/aromatic N) is 5. The molecule has 51 heavy (non-hydrogen) atoms. The van der Waals surface area contributed by atoms with Crippen LogP contribution in [0.2, 0.25) is 10.0 Å². The van der Waals surface area contributed by atoms with E-state index < -0.39 is 29.9 Å². The molecule has 0 spiro atoms. The number of urea groups is 1. The summed E-state index contributed by atoms with van der Waals surface area (Å²) in [5, 5.41) is 10.5. The smallest absolute Gasteiger partial charge is 0.416 e. The maximum atomic E-state index is 14.8. The molecular formula is C37H40Cl2F3N5O4. The third kappa shape index (κ3) is 8.30. The number of halogens is 5. The number of aliphatic imine (C=N–C) groups is 1. The van der Waals surface area contributed by atoms with E-state index >= 15 is 0 Å². The van der Waals surface area contributed by atoms with E-state index in [-0.39, 0.29) is 61.8 Å². The average molecular weight is 747 g/mol. The number of piperazine rings is 1. The van der Waals surface area contributed by atoms with E-state index in [1.165, 1.54) is 11.0 Å². The number of alkyl halides is 3. The SMILES string of the molecule is CCOc1cc(C(F)(F)F)ccc1C1=NC(c2ccc(Cl)cc2)C(c2ccc(Cl)cc2)N1C(=O)N1CCN(C(=O)CN2CCC(CO)CC2)CC1. The van der Waals surface area contributed by atoms with Gasteiger partial charge in [0.05, 0.1) is 30.3 Å². The predicted octanol–water partition coefficient (Wildman–Crippen LogP) is 6.92. The number of carbonyl (C=O) groups excluding carboxylic acids is 2. The number of ether oxygens (including phenoxy) is 1. The van der Waals surface area contributed by atoms with Crippen LogP contribution in [0.15, 0.2) is 71.7 Å². The standard InChI is InChI=1S/C37H40Cl2F3N5O4/c1-2-51-31-21-27(37(40,41)42)7-12-30(31)35-43-33(25-3-8-28(38)9-4-25)34(26-5-10-29(39)11-6-26)47(35)36(50)46-19-17-45(18-20-46)32(49)22-44-15-13-24(23-48)14-16-44/h3-12,21,24,33-34,48H,2,13-20,22-23H2,1H3. The van der Waals surface area contributed by atoms with Gasteiger partial charge in [-0.15, -0.1) is 0 Å². The Balaban J connectivity index is 1.33. The number of benzene rings is 3. The number of amidine groups is 1.